The predicted octanol–water partition coefficient (Wildman–Crippen LogP) is 1.63. The maximum atomic E-state index is 10.3. The van der Waals surface area contributed by atoms with Gasteiger partial charge in [0.1, 0.15) is 13.2 Å². The van der Waals surface area contributed by atoms with Crippen LogP contribution in [0.15, 0.2) is 12.1 Å². The molecule has 4 heteroatoms. The Hall–Kier alpha value is -1.42. The Kier molecular flexibility index (Phi) is 2.81. The molecular formula is C13H17NO3. The standard InChI is InChI=1S/C13H17NO3/c15-12-10(9-2-1-5-14-8-9)3-4-11-13(12)17-7-6-16-11/h3-4,9,14-15H,1-2,5-8H2. The first-order valence-electron chi connectivity index (χ1n) is 6.18. The van der Waals surface area contributed by atoms with Crippen molar-refractivity contribution in [2.75, 3.05) is 26.3 Å². The van der Waals surface area contributed by atoms with E-state index in [1.165, 1.54) is 0 Å². The highest BCUT2D eigenvalue weighted by Crippen LogP contribution is 2.44. The molecule has 4 nitrogen and oxygen atoms in total. The average molecular weight is 235 g/mol. The molecule has 1 saturated heterocycles. The topological polar surface area (TPSA) is 50.7 Å². The van der Waals surface area contributed by atoms with Gasteiger partial charge in [-0.3, -0.25) is 0 Å². The van der Waals surface area contributed by atoms with E-state index in [-0.39, 0.29) is 5.75 Å². The Bertz CT molecular complexity index is 413. The second-order valence-electron chi connectivity index (χ2n) is 4.57. The van der Waals surface area contributed by atoms with Crippen LogP contribution in [-0.4, -0.2) is 31.4 Å². The Morgan fingerprint density at radius 3 is 2.94 bits per heavy atom. The smallest absolute Gasteiger partial charge is 0.203 e. The van der Waals surface area contributed by atoms with Crippen molar-refractivity contribution in [1.82, 2.24) is 5.32 Å². The molecule has 2 aliphatic rings. The van der Waals surface area contributed by atoms with Gasteiger partial charge in [-0.05, 0) is 25.5 Å². The van der Waals surface area contributed by atoms with Crippen molar-refractivity contribution in [3.63, 3.8) is 0 Å². The van der Waals surface area contributed by atoms with Gasteiger partial charge < -0.3 is 19.9 Å². The molecule has 1 atom stereocenters. The van der Waals surface area contributed by atoms with Crippen molar-refractivity contribution in [3.05, 3.63) is 17.7 Å². The van der Waals surface area contributed by atoms with Gasteiger partial charge in [-0.1, -0.05) is 6.07 Å². The Balaban J connectivity index is 1.94. The summed E-state index contributed by atoms with van der Waals surface area (Å²) in [6.45, 7) is 3.05. The highest BCUT2D eigenvalue weighted by Gasteiger charge is 2.24. The number of piperidine rings is 1. The fourth-order valence-electron chi connectivity index (χ4n) is 2.56. The molecule has 1 unspecified atom stereocenters. The molecule has 0 bridgehead atoms. The maximum absolute atomic E-state index is 10.3. The lowest BCUT2D eigenvalue weighted by Gasteiger charge is -2.26. The SMILES string of the molecule is Oc1c(C2CCCNC2)ccc2c1OCCO2. The normalized spacial score (nSPS) is 23.4. The van der Waals surface area contributed by atoms with E-state index in [2.05, 4.69) is 5.32 Å². The van der Waals surface area contributed by atoms with Gasteiger partial charge in [0.25, 0.3) is 0 Å². The van der Waals surface area contributed by atoms with Crippen LogP contribution in [-0.2, 0) is 0 Å². The number of benzene rings is 1. The van der Waals surface area contributed by atoms with E-state index >= 15 is 0 Å². The summed E-state index contributed by atoms with van der Waals surface area (Å²) in [6.07, 6.45) is 2.26. The molecule has 2 heterocycles. The van der Waals surface area contributed by atoms with E-state index in [9.17, 15) is 5.11 Å². The minimum absolute atomic E-state index is 0.260. The van der Waals surface area contributed by atoms with E-state index in [0.717, 1.165) is 31.5 Å². The summed E-state index contributed by atoms with van der Waals surface area (Å²) in [5.41, 5.74) is 0.974. The monoisotopic (exact) mass is 235 g/mol. The molecule has 1 aromatic carbocycles. The number of hydrogen-bond donors (Lipinski definition) is 2. The van der Waals surface area contributed by atoms with Crippen molar-refractivity contribution in [2.24, 2.45) is 0 Å². The third-order valence-electron chi connectivity index (χ3n) is 3.45. The van der Waals surface area contributed by atoms with Crippen LogP contribution in [0, 0.1) is 0 Å². The van der Waals surface area contributed by atoms with E-state index in [4.69, 9.17) is 9.47 Å². The molecule has 0 aliphatic carbocycles. The van der Waals surface area contributed by atoms with Crippen molar-refractivity contribution in [2.45, 2.75) is 18.8 Å². The first-order chi connectivity index (χ1) is 8.36. The zero-order chi connectivity index (χ0) is 11.7. The molecule has 2 N–H and O–H groups in total. The van der Waals surface area contributed by atoms with Gasteiger partial charge in [-0.25, -0.2) is 0 Å². The van der Waals surface area contributed by atoms with E-state index in [1.54, 1.807) is 0 Å². The molecule has 0 amide bonds. The zero-order valence-corrected chi connectivity index (χ0v) is 9.74. The summed E-state index contributed by atoms with van der Waals surface area (Å²) in [7, 11) is 0. The minimum Gasteiger partial charge on any atom is -0.504 e. The highest BCUT2D eigenvalue weighted by molar-refractivity contribution is 5.56. The summed E-state index contributed by atoms with van der Waals surface area (Å²) in [4.78, 5) is 0. The number of phenolic OH excluding ortho intramolecular Hbond substituents is 1. The van der Waals surface area contributed by atoms with E-state index in [1.807, 2.05) is 12.1 Å². The number of nitrogens with one attached hydrogen (secondary N) is 1. The number of hydrogen-bond acceptors (Lipinski definition) is 4. The maximum Gasteiger partial charge on any atom is 0.203 e. The van der Waals surface area contributed by atoms with Gasteiger partial charge in [-0.2, -0.15) is 0 Å². The van der Waals surface area contributed by atoms with Gasteiger partial charge >= 0.3 is 0 Å². The first kappa shape index (κ1) is 10.7. The Morgan fingerprint density at radius 2 is 2.12 bits per heavy atom. The van der Waals surface area contributed by atoms with Gasteiger partial charge in [0.2, 0.25) is 5.75 Å². The van der Waals surface area contributed by atoms with Crippen LogP contribution >= 0.6 is 0 Å². The van der Waals surface area contributed by atoms with Crippen molar-refractivity contribution in [3.8, 4) is 17.2 Å². The molecule has 92 valence electrons. The Labute approximate surface area is 101 Å². The van der Waals surface area contributed by atoms with Crippen LogP contribution in [0.2, 0.25) is 0 Å². The second kappa shape index (κ2) is 4.45. The molecule has 1 fully saturated rings. The van der Waals surface area contributed by atoms with Crippen LogP contribution in [0.4, 0.5) is 0 Å². The summed E-state index contributed by atoms with van der Waals surface area (Å²) in [5, 5.41) is 13.6. The largest absolute Gasteiger partial charge is 0.504 e. The quantitative estimate of drug-likeness (QED) is 0.776. The van der Waals surface area contributed by atoms with Crippen LogP contribution in [0.3, 0.4) is 0 Å². The molecule has 2 aliphatic heterocycles. The molecule has 1 aromatic rings. The lowest BCUT2D eigenvalue weighted by molar-refractivity contribution is 0.165. The molecule has 17 heavy (non-hydrogen) atoms. The van der Waals surface area contributed by atoms with E-state index < -0.39 is 0 Å². The Morgan fingerprint density at radius 1 is 1.24 bits per heavy atom. The van der Waals surface area contributed by atoms with Crippen molar-refractivity contribution < 1.29 is 14.6 Å². The van der Waals surface area contributed by atoms with Gasteiger partial charge in [0.05, 0.1) is 0 Å². The minimum atomic E-state index is 0.260. The highest BCUT2D eigenvalue weighted by atomic mass is 16.6. The number of phenols is 1. The lowest BCUT2D eigenvalue weighted by Crippen LogP contribution is -2.28. The summed E-state index contributed by atoms with van der Waals surface area (Å²) < 4.78 is 10.9. The zero-order valence-electron chi connectivity index (χ0n) is 9.74. The molecule has 0 aromatic heterocycles. The third-order valence-corrected chi connectivity index (χ3v) is 3.45. The average Bonchev–Trinajstić information content (AvgIpc) is 2.40. The predicted molar refractivity (Wildman–Crippen MR) is 63.9 cm³/mol. The molecule has 0 spiro atoms. The third kappa shape index (κ3) is 1.93. The van der Waals surface area contributed by atoms with Crippen molar-refractivity contribution >= 4 is 0 Å². The molecular weight excluding hydrogens is 218 g/mol. The number of fused-ring (bicyclic) bond motifs is 1. The molecule has 0 saturated carbocycles. The lowest BCUT2D eigenvalue weighted by atomic mass is 9.90. The second-order valence-corrected chi connectivity index (χ2v) is 4.57. The number of ether oxygens (including phenoxy) is 2. The van der Waals surface area contributed by atoms with Crippen LogP contribution in [0.5, 0.6) is 17.2 Å². The first-order valence-corrected chi connectivity index (χ1v) is 6.18. The summed E-state index contributed by atoms with van der Waals surface area (Å²) in [5.74, 6) is 1.80. The van der Waals surface area contributed by atoms with Crippen LogP contribution in [0.25, 0.3) is 0 Å². The van der Waals surface area contributed by atoms with Gasteiger partial charge in [-0.15, -0.1) is 0 Å². The van der Waals surface area contributed by atoms with Gasteiger partial charge in [0, 0.05) is 18.0 Å². The fraction of sp³-hybridized carbons (Fsp3) is 0.538. The molecule has 0 radical (unpaired) electrons. The van der Waals surface area contributed by atoms with Crippen LogP contribution in [0.1, 0.15) is 24.3 Å². The van der Waals surface area contributed by atoms with Crippen LogP contribution < -0.4 is 14.8 Å². The summed E-state index contributed by atoms with van der Waals surface area (Å²) in [6, 6.07) is 3.86. The van der Waals surface area contributed by atoms with E-state index in [0.29, 0.717) is 30.6 Å². The number of rotatable bonds is 1. The van der Waals surface area contributed by atoms with Gasteiger partial charge in [0.15, 0.2) is 11.5 Å². The number of aromatic hydroxyl groups is 1. The molecule has 3 rings (SSSR count). The fourth-order valence-corrected chi connectivity index (χ4v) is 2.56. The van der Waals surface area contributed by atoms with Crippen molar-refractivity contribution in [1.29, 1.82) is 0 Å². The summed E-state index contributed by atoms with van der Waals surface area (Å²) >= 11 is 0.